The Labute approximate surface area is 117 Å². The zero-order valence-corrected chi connectivity index (χ0v) is 11.6. The van der Waals surface area contributed by atoms with Crippen molar-refractivity contribution in [2.45, 2.75) is 12.8 Å². The van der Waals surface area contributed by atoms with Gasteiger partial charge in [-0.1, -0.05) is 18.2 Å². The van der Waals surface area contributed by atoms with Crippen LogP contribution in [-0.4, -0.2) is 12.8 Å². The van der Waals surface area contributed by atoms with Gasteiger partial charge in [0.15, 0.2) is 5.78 Å². The molecule has 1 aromatic carbocycles. The molecule has 1 heterocycles. The van der Waals surface area contributed by atoms with E-state index in [0.717, 1.165) is 29.7 Å². The lowest BCUT2D eigenvalue weighted by molar-refractivity contribution is 0.102. The first-order valence-corrected chi connectivity index (χ1v) is 7.23. The maximum Gasteiger partial charge on any atom is 0.191 e. The minimum absolute atomic E-state index is 0.185. The summed E-state index contributed by atoms with van der Waals surface area (Å²) in [5.41, 5.74) is 2.89. The standard InChI is InChI=1S/C16H15NOS/c1-17(13-5-3-2-4-6-13)11-12-7-8-15-14(16(12)18)9-10-19-15/h2-6,9-11H,7-8H2,1H3/b12-11+. The minimum Gasteiger partial charge on any atom is -0.351 e. The van der Waals surface area contributed by atoms with Crippen LogP contribution in [0.2, 0.25) is 0 Å². The van der Waals surface area contributed by atoms with Gasteiger partial charge in [-0.25, -0.2) is 0 Å². The number of fused-ring (bicyclic) bond motifs is 1. The lowest BCUT2D eigenvalue weighted by atomic mass is 9.93. The van der Waals surface area contributed by atoms with Crippen LogP contribution >= 0.6 is 11.3 Å². The molecule has 0 unspecified atom stereocenters. The van der Waals surface area contributed by atoms with E-state index in [1.54, 1.807) is 11.3 Å². The number of allylic oxidation sites excluding steroid dienone is 1. The average molecular weight is 269 g/mol. The molecule has 1 aliphatic carbocycles. The predicted molar refractivity (Wildman–Crippen MR) is 79.9 cm³/mol. The van der Waals surface area contributed by atoms with Gasteiger partial charge in [0.25, 0.3) is 0 Å². The van der Waals surface area contributed by atoms with E-state index in [-0.39, 0.29) is 5.78 Å². The number of benzene rings is 1. The Kier molecular flexibility index (Phi) is 3.22. The molecule has 2 nitrogen and oxygen atoms in total. The highest BCUT2D eigenvalue weighted by Gasteiger charge is 2.23. The van der Waals surface area contributed by atoms with Gasteiger partial charge in [0.05, 0.1) is 0 Å². The number of carbonyl (C=O) groups excluding carboxylic acids is 1. The van der Waals surface area contributed by atoms with Crippen molar-refractivity contribution in [1.82, 2.24) is 0 Å². The van der Waals surface area contributed by atoms with Crippen LogP contribution in [0.1, 0.15) is 21.7 Å². The lowest BCUT2D eigenvalue weighted by Crippen LogP contribution is -2.17. The number of para-hydroxylation sites is 1. The first-order chi connectivity index (χ1) is 9.25. The first kappa shape index (κ1) is 12.2. The average Bonchev–Trinajstić information content (AvgIpc) is 2.92. The van der Waals surface area contributed by atoms with Crippen LogP contribution in [0.4, 0.5) is 5.69 Å². The molecule has 0 saturated carbocycles. The molecule has 3 rings (SSSR count). The van der Waals surface area contributed by atoms with E-state index in [1.165, 1.54) is 4.88 Å². The molecule has 0 atom stereocenters. The fraction of sp³-hybridized carbons (Fsp3) is 0.188. The van der Waals surface area contributed by atoms with Gasteiger partial charge in [-0.3, -0.25) is 4.79 Å². The fourth-order valence-electron chi connectivity index (χ4n) is 2.37. The van der Waals surface area contributed by atoms with Crippen LogP contribution in [0.15, 0.2) is 53.6 Å². The van der Waals surface area contributed by atoms with Crippen LogP contribution in [0, 0.1) is 0 Å². The second kappa shape index (κ2) is 5.02. The molecule has 3 heteroatoms. The maximum absolute atomic E-state index is 12.4. The molecule has 2 aromatic rings. The summed E-state index contributed by atoms with van der Waals surface area (Å²) in [6.45, 7) is 0. The second-order valence-electron chi connectivity index (χ2n) is 4.69. The van der Waals surface area contributed by atoms with Gasteiger partial charge >= 0.3 is 0 Å². The SMILES string of the molecule is CN(/C=C1\CCc2sccc2C1=O)c1ccccc1. The molecule has 96 valence electrons. The molecule has 0 bridgehead atoms. The van der Waals surface area contributed by atoms with Crippen molar-refractivity contribution >= 4 is 22.8 Å². The summed E-state index contributed by atoms with van der Waals surface area (Å²) < 4.78 is 0. The predicted octanol–water partition coefficient (Wildman–Crippen LogP) is 3.90. The van der Waals surface area contributed by atoms with Crippen LogP contribution in [0.3, 0.4) is 0 Å². The zero-order valence-electron chi connectivity index (χ0n) is 10.8. The number of nitrogens with zero attached hydrogens (tertiary/aromatic N) is 1. The monoisotopic (exact) mass is 269 g/mol. The van der Waals surface area contributed by atoms with Crippen molar-refractivity contribution in [2.75, 3.05) is 11.9 Å². The smallest absolute Gasteiger partial charge is 0.191 e. The van der Waals surface area contributed by atoms with Crippen molar-refractivity contribution in [2.24, 2.45) is 0 Å². The van der Waals surface area contributed by atoms with E-state index in [1.807, 2.05) is 59.9 Å². The van der Waals surface area contributed by atoms with E-state index < -0.39 is 0 Å². The van der Waals surface area contributed by atoms with Crippen molar-refractivity contribution < 1.29 is 4.79 Å². The lowest BCUT2D eigenvalue weighted by Gasteiger charge is -2.19. The van der Waals surface area contributed by atoms with Crippen LogP contribution in [-0.2, 0) is 6.42 Å². The number of carbonyl (C=O) groups is 1. The van der Waals surface area contributed by atoms with Gasteiger partial charge < -0.3 is 4.90 Å². The summed E-state index contributed by atoms with van der Waals surface area (Å²) in [5.74, 6) is 0.185. The summed E-state index contributed by atoms with van der Waals surface area (Å²) in [5, 5.41) is 2.01. The Morgan fingerprint density at radius 3 is 2.74 bits per heavy atom. The molecule has 19 heavy (non-hydrogen) atoms. The Morgan fingerprint density at radius 2 is 1.95 bits per heavy atom. The van der Waals surface area contributed by atoms with Gasteiger partial charge in [-0.15, -0.1) is 11.3 Å². The maximum atomic E-state index is 12.4. The molecule has 0 N–H and O–H groups in total. The Hall–Kier alpha value is -1.87. The fourth-order valence-corrected chi connectivity index (χ4v) is 3.24. The summed E-state index contributed by atoms with van der Waals surface area (Å²) in [6.07, 6.45) is 3.79. The van der Waals surface area contributed by atoms with E-state index in [4.69, 9.17) is 0 Å². The summed E-state index contributed by atoms with van der Waals surface area (Å²) in [6, 6.07) is 12.0. The molecule has 0 radical (unpaired) electrons. The third-order valence-electron chi connectivity index (χ3n) is 3.42. The number of rotatable bonds is 2. The molecule has 0 saturated heterocycles. The van der Waals surface area contributed by atoms with Crippen molar-refractivity contribution in [3.63, 3.8) is 0 Å². The Bertz CT molecular complexity index is 627. The van der Waals surface area contributed by atoms with Crippen LogP contribution < -0.4 is 4.90 Å². The third-order valence-corrected chi connectivity index (χ3v) is 4.40. The van der Waals surface area contributed by atoms with E-state index in [0.29, 0.717) is 0 Å². The Balaban J connectivity index is 1.88. The number of Topliss-reactive ketones (excluding diaryl/α,β-unsaturated/α-hetero) is 1. The molecule has 1 aliphatic rings. The summed E-state index contributed by atoms with van der Waals surface area (Å²) in [7, 11) is 1.98. The molecule has 0 spiro atoms. The van der Waals surface area contributed by atoms with Gasteiger partial charge in [0, 0.05) is 34.9 Å². The number of anilines is 1. The first-order valence-electron chi connectivity index (χ1n) is 6.35. The summed E-state index contributed by atoms with van der Waals surface area (Å²) in [4.78, 5) is 15.6. The second-order valence-corrected chi connectivity index (χ2v) is 5.69. The van der Waals surface area contributed by atoms with E-state index in [9.17, 15) is 4.79 Å². The molecule has 1 aromatic heterocycles. The highest BCUT2D eigenvalue weighted by atomic mass is 32.1. The molecule has 0 amide bonds. The molecule has 0 aliphatic heterocycles. The summed E-state index contributed by atoms with van der Waals surface area (Å²) >= 11 is 1.68. The Morgan fingerprint density at radius 1 is 1.16 bits per heavy atom. The minimum atomic E-state index is 0.185. The van der Waals surface area contributed by atoms with Gasteiger partial charge in [-0.05, 0) is 36.4 Å². The van der Waals surface area contributed by atoms with Crippen LogP contribution in [0.5, 0.6) is 0 Å². The van der Waals surface area contributed by atoms with Crippen molar-refractivity contribution in [1.29, 1.82) is 0 Å². The van der Waals surface area contributed by atoms with Crippen LogP contribution in [0.25, 0.3) is 0 Å². The number of ketones is 1. The van der Waals surface area contributed by atoms with Gasteiger partial charge in [-0.2, -0.15) is 0 Å². The number of hydrogen-bond donors (Lipinski definition) is 0. The molecular weight excluding hydrogens is 254 g/mol. The normalized spacial score (nSPS) is 16.5. The van der Waals surface area contributed by atoms with Crippen molar-refractivity contribution in [3.8, 4) is 0 Å². The molecule has 0 fully saturated rings. The molecular formula is C16H15NOS. The van der Waals surface area contributed by atoms with Crippen molar-refractivity contribution in [3.05, 3.63) is 64.0 Å². The zero-order chi connectivity index (χ0) is 13.2. The van der Waals surface area contributed by atoms with Gasteiger partial charge in [0.1, 0.15) is 0 Å². The largest absolute Gasteiger partial charge is 0.351 e. The third kappa shape index (κ3) is 2.34. The van der Waals surface area contributed by atoms with E-state index in [2.05, 4.69) is 0 Å². The highest BCUT2D eigenvalue weighted by molar-refractivity contribution is 7.10. The highest BCUT2D eigenvalue weighted by Crippen LogP contribution is 2.29. The van der Waals surface area contributed by atoms with E-state index >= 15 is 0 Å². The number of thiophene rings is 1. The number of hydrogen-bond acceptors (Lipinski definition) is 3. The van der Waals surface area contributed by atoms with Gasteiger partial charge in [0.2, 0.25) is 0 Å². The quantitative estimate of drug-likeness (QED) is 0.771. The topological polar surface area (TPSA) is 20.3 Å². The number of aryl methyl sites for hydroxylation is 1.